The first kappa shape index (κ1) is 13.3. The van der Waals surface area contributed by atoms with Crippen LogP contribution in [0.1, 0.15) is 11.3 Å². The molecule has 0 aliphatic heterocycles. The summed E-state index contributed by atoms with van der Waals surface area (Å²) in [6, 6.07) is 8.01. The number of halogens is 1. The number of fused-ring (bicyclic) bond motifs is 1. The first-order valence-corrected chi connectivity index (χ1v) is 7.18. The van der Waals surface area contributed by atoms with Gasteiger partial charge in [0.2, 0.25) is 0 Å². The molecule has 20 heavy (non-hydrogen) atoms. The van der Waals surface area contributed by atoms with Crippen molar-refractivity contribution in [2.45, 2.75) is 13.5 Å². The van der Waals surface area contributed by atoms with E-state index in [9.17, 15) is 0 Å². The number of nitrogens with two attached hydrogens (primary N) is 1. The van der Waals surface area contributed by atoms with Crippen molar-refractivity contribution >= 4 is 27.0 Å². The van der Waals surface area contributed by atoms with E-state index >= 15 is 0 Å². The second-order valence-electron chi connectivity index (χ2n) is 4.81. The first-order valence-electron chi connectivity index (χ1n) is 6.38. The molecular weight excluding hydrogens is 316 g/mol. The van der Waals surface area contributed by atoms with E-state index in [0.29, 0.717) is 6.54 Å². The number of benzene rings is 1. The maximum atomic E-state index is 5.79. The number of aromatic nitrogens is 3. The monoisotopic (exact) mass is 330 g/mol. The molecule has 0 spiro atoms. The molecule has 0 atom stereocenters. The summed E-state index contributed by atoms with van der Waals surface area (Å²) in [7, 11) is 1.98. The lowest BCUT2D eigenvalue weighted by Gasteiger charge is -2.05. The highest BCUT2D eigenvalue weighted by Crippen LogP contribution is 2.26. The summed E-state index contributed by atoms with van der Waals surface area (Å²) in [5.74, 6) is 0.737. The second-order valence-corrected chi connectivity index (χ2v) is 5.73. The van der Waals surface area contributed by atoms with Gasteiger partial charge in [-0.2, -0.15) is 0 Å². The third-order valence-electron chi connectivity index (χ3n) is 3.38. The zero-order chi connectivity index (χ0) is 14.3. The van der Waals surface area contributed by atoms with Crippen molar-refractivity contribution < 1.29 is 0 Å². The van der Waals surface area contributed by atoms with Gasteiger partial charge in [0, 0.05) is 35.2 Å². The number of hydrogen-bond donors (Lipinski definition) is 1. The molecule has 102 valence electrons. The van der Waals surface area contributed by atoms with Gasteiger partial charge in [0.1, 0.15) is 5.65 Å². The lowest BCUT2D eigenvalue weighted by atomic mass is 10.1. The van der Waals surface area contributed by atoms with E-state index in [-0.39, 0.29) is 0 Å². The summed E-state index contributed by atoms with van der Waals surface area (Å²) in [4.78, 5) is 9.32. The molecule has 4 nitrogen and oxygen atoms in total. The Morgan fingerprint density at radius 1 is 1.30 bits per heavy atom. The summed E-state index contributed by atoms with van der Waals surface area (Å²) in [5.41, 5.74) is 9.76. The standard InChI is InChI=1S/C15H15BrN4/c1-9-13-11(7-17)8-20(2)15(13)19-14(18-9)10-4-3-5-12(16)6-10/h3-6,8H,7,17H2,1-2H3. The van der Waals surface area contributed by atoms with Crippen molar-refractivity contribution in [3.8, 4) is 11.4 Å². The van der Waals surface area contributed by atoms with Crippen molar-refractivity contribution in [2.24, 2.45) is 12.8 Å². The fourth-order valence-electron chi connectivity index (χ4n) is 2.46. The predicted molar refractivity (Wildman–Crippen MR) is 84.3 cm³/mol. The fraction of sp³-hybridized carbons (Fsp3) is 0.200. The molecule has 3 aromatic rings. The predicted octanol–water partition coefficient (Wildman–Crippen LogP) is 3.16. The van der Waals surface area contributed by atoms with Crippen LogP contribution in [-0.2, 0) is 13.6 Å². The zero-order valence-electron chi connectivity index (χ0n) is 11.4. The Labute approximate surface area is 125 Å². The van der Waals surface area contributed by atoms with E-state index in [1.807, 2.05) is 49.0 Å². The van der Waals surface area contributed by atoms with E-state index in [4.69, 9.17) is 10.7 Å². The van der Waals surface area contributed by atoms with Gasteiger partial charge in [0.15, 0.2) is 5.82 Å². The average Bonchev–Trinajstić information content (AvgIpc) is 2.76. The highest BCUT2D eigenvalue weighted by molar-refractivity contribution is 9.10. The van der Waals surface area contributed by atoms with Crippen LogP contribution in [0.25, 0.3) is 22.4 Å². The molecule has 2 aromatic heterocycles. The number of hydrogen-bond acceptors (Lipinski definition) is 3. The Hall–Kier alpha value is -1.72. The minimum Gasteiger partial charge on any atom is -0.335 e. The van der Waals surface area contributed by atoms with Gasteiger partial charge in [-0.15, -0.1) is 0 Å². The summed E-state index contributed by atoms with van der Waals surface area (Å²) < 4.78 is 3.03. The van der Waals surface area contributed by atoms with E-state index in [1.165, 1.54) is 0 Å². The minimum absolute atomic E-state index is 0.498. The SMILES string of the molecule is Cc1nc(-c2cccc(Br)c2)nc2c1c(CN)cn2C. The molecule has 0 aliphatic carbocycles. The molecule has 0 amide bonds. The smallest absolute Gasteiger partial charge is 0.161 e. The quantitative estimate of drug-likeness (QED) is 0.785. The van der Waals surface area contributed by atoms with Crippen LogP contribution in [0.15, 0.2) is 34.9 Å². The van der Waals surface area contributed by atoms with Gasteiger partial charge in [-0.05, 0) is 24.6 Å². The molecule has 0 unspecified atom stereocenters. The van der Waals surface area contributed by atoms with Crippen LogP contribution in [0.5, 0.6) is 0 Å². The Morgan fingerprint density at radius 3 is 2.80 bits per heavy atom. The van der Waals surface area contributed by atoms with Crippen LogP contribution >= 0.6 is 15.9 Å². The summed E-state index contributed by atoms with van der Waals surface area (Å²) >= 11 is 3.48. The number of rotatable bonds is 2. The lowest BCUT2D eigenvalue weighted by molar-refractivity contribution is 0.930. The highest BCUT2D eigenvalue weighted by atomic mass is 79.9. The van der Waals surface area contributed by atoms with Crippen LogP contribution in [0.2, 0.25) is 0 Å². The van der Waals surface area contributed by atoms with Crippen molar-refractivity contribution in [1.29, 1.82) is 0 Å². The average molecular weight is 331 g/mol. The summed E-state index contributed by atoms with van der Waals surface area (Å²) in [6.07, 6.45) is 2.02. The zero-order valence-corrected chi connectivity index (χ0v) is 13.0. The molecule has 0 fully saturated rings. The third kappa shape index (κ3) is 2.13. The van der Waals surface area contributed by atoms with Crippen LogP contribution < -0.4 is 5.73 Å². The van der Waals surface area contributed by atoms with Crippen molar-refractivity contribution in [3.05, 3.63) is 46.2 Å². The van der Waals surface area contributed by atoms with Gasteiger partial charge in [-0.1, -0.05) is 28.1 Å². The Morgan fingerprint density at radius 2 is 2.10 bits per heavy atom. The molecule has 2 N–H and O–H groups in total. The van der Waals surface area contributed by atoms with Gasteiger partial charge in [0.25, 0.3) is 0 Å². The van der Waals surface area contributed by atoms with E-state index in [1.54, 1.807) is 0 Å². The third-order valence-corrected chi connectivity index (χ3v) is 3.87. The van der Waals surface area contributed by atoms with Crippen molar-refractivity contribution in [1.82, 2.24) is 14.5 Å². The van der Waals surface area contributed by atoms with E-state index < -0.39 is 0 Å². The minimum atomic E-state index is 0.498. The van der Waals surface area contributed by atoms with Crippen LogP contribution in [-0.4, -0.2) is 14.5 Å². The Balaban J connectivity index is 2.27. The Bertz CT molecular complexity index is 792. The fourth-order valence-corrected chi connectivity index (χ4v) is 2.86. The molecule has 5 heteroatoms. The topological polar surface area (TPSA) is 56.7 Å². The van der Waals surface area contributed by atoms with Crippen LogP contribution in [0.3, 0.4) is 0 Å². The largest absolute Gasteiger partial charge is 0.335 e. The molecule has 0 bridgehead atoms. The van der Waals surface area contributed by atoms with Crippen LogP contribution in [0, 0.1) is 6.92 Å². The molecule has 3 rings (SSSR count). The van der Waals surface area contributed by atoms with Crippen molar-refractivity contribution in [3.63, 3.8) is 0 Å². The van der Waals surface area contributed by atoms with E-state index in [0.717, 1.165) is 38.2 Å². The Kier molecular flexibility index (Phi) is 3.31. The number of aryl methyl sites for hydroxylation is 2. The van der Waals surface area contributed by atoms with E-state index in [2.05, 4.69) is 20.9 Å². The van der Waals surface area contributed by atoms with Gasteiger partial charge in [0.05, 0.1) is 5.69 Å². The maximum absolute atomic E-state index is 5.79. The molecule has 2 heterocycles. The maximum Gasteiger partial charge on any atom is 0.161 e. The van der Waals surface area contributed by atoms with Crippen LogP contribution in [0.4, 0.5) is 0 Å². The molecule has 0 aliphatic rings. The second kappa shape index (κ2) is 5.00. The van der Waals surface area contributed by atoms with Gasteiger partial charge in [-0.25, -0.2) is 9.97 Å². The normalized spacial score (nSPS) is 11.2. The molecule has 0 saturated carbocycles. The first-order chi connectivity index (χ1) is 9.60. The molecule has 0 saturated heterocycles. The molecule has 1 aromatic carbocycles. The summed E-state index contributed by atoms with van der Waals surface area (Å²) in [6.45, 7) is 2.50. The number of nitrogens with zero attached hydrogens (tertiary/aromatic N) is 3. The van der Waals surface area contributed by atoms with Gasteiger partial charge >= 0.3 is 0 Å². The van der Waals surface area contributed by atoms with Gasteiger partial charge in [-0.3, -0.25) is 0 Å². The van der Waals surface area contributed by atoms with Crippen molar-refractivity contribution in [2.75, 3.05) is 0 Å². The molecule has 0 radical (unpaired) electrons. The highest BCUT2D eigenvalue weighted by Gasteiger charge is 2.13. The molecular formula is C15H15BrN4. The van der Waals surface area contributed by atoms with Gasteiger partial charge < -0.3 is 10.3 Å². The summed E-state index contributed by atoms with van der Waals surface area (Å²) in [5, 5.41) is 1.06. The lowest BCUT2D eigenvalue weighted by Crippen LogP contribution is -1.98.